The summed E-state index contributed by atoms with van der Waals surface area (Å²) in [6, 6.07) is 12.3. The van der Waals surface area contributed by atoms with E-state index < -0.39 is 5.97 Å². The molecule has 3 N–H and O–H groups in total. The fourth-order valence-electron chi connectivity index (χ4n) is 1.98. The van der Waals surface area contributed by atoms with Crippen molar-refractivity contribution in [3.8, 4) is 5.75 Å². The topological polar surface area (TPSA) is 70.6 Å². The second kappa shape index (κ2) is 7.60. The van der Waals surface area contributed by atoms with Crippen LogP contribution in [0.15, 0.2) is 42.5 Å². The zero-order valence-electron chi connectivity index (χ0n) is 12.9. The minimum absolute atomic E-state index is 0.210. The maximum Gasteiger partial charge on any atom is 0.335 e. The molecule has 0 saturated heterocycles. The van der Waals surface area contributed by atoms with Crippen LogP contribution in [-0.4, -0.2) is 22.8 Å². The van der Waals surface area contributed by atoms with Gasteiger partial charge in [0, 0.05) is 11.4 Å². The van der Waals surface area contributed by atoms with Crippen LogP contribution in [0, 0.1) is 6.92 Å². The van der Waals surface area contributed by atoms with Crippen LogP contribution < -0.4 is 15.4 Å². The Kier molecular flexibility index (Phi) is 5.54. The number of hydrogen-bond donors (Lipinski definition) is 3. The molecule has 2 aromatic rings. The zero-order valence-corrected chi connectivity index (χ0v) is 13.7. The predicted octanol–water partition coefficient (Wildman–Crippen LogP) is 3.90. The van der Waals surface area contributed by atoms with Gasteiger partial charge in [-0.3, -0.25) is 0 Å². The number of carboxylic acids is 1. The fraction of sp³-hybridized carbons (Fsp3) is 0.176. The van der Waals surface area contributed by atoms with Crippen LogP contribution in [-0.2, 0) is 0 Å². The highest BCUT2D eigenvalue weighted by atomic mass is 32.1. The standard InChI is InChI=1S/C17H18N2O3S/c1-3-22-14-8-6-13(7-9-14)18-17(23)19-15-10-12(16(20)21)5-4-11(15)2/h4-10H,3H2,1-2H3,(H,20,21)(H2,18,19,23). The lowest BCUT2D eigenvalue weighted by Gasteiger charge is -2.13. The first-order chi connectivity index (χ1) is 11.0. The minimum atomic E-state index is -0.974. The van der Waals surface area contributed by atoms with Crippen LogP contribution in [0.2, 0.25) is 0 Å². The van der Waals surface area contributed by atoms with E-state index in [-0.39, 0.29) is 5.56 Å². The number of thiocarbonyl (C=S) groups is 1. The van der Waals surface area contributed by atoms with Gasteiger partial charge in [0.25, 0.3) is 0 Å². The van der Waals surface area contributed by atoms with Gasteiger partial charge in [-0.2, -0.15) is 0 Å². The maximum atomic E-state index is 11.0. The lowest BCUT2D eigenvalue weighted by molar-refractivity contribution is 0.0697. The lowest BCUT2D eigenvalue weighted by atomic mass is 10.1. The van der Waals surface area contributed by atoms with Gasteiger partial charge in [-0.25, -0.2) is 4.79 Å². The number of ether oxygens (including phenoxy) is 1. The summed E-state index contributed by atoms with van der Waals surface area (Å²) < 4.78 is 5.38. The number of carboxylic acid groups (broad SMARTS) is 1. The van der Waals surface area contributed by atoms with Crippen molar-refractivity contribution in [2.24, 2.45) is 0 Å². The molecule has 0 atom stereocenters. The van der Waals surface area contributed by atoms with E-state index >= 15 is 0 Å². The van der Waals surface area contributed by atoms with E-state index in [1.165, 1.54) is 0 Å². The first kappa shape index (κ1) is 16.8. The number of aromatic carboxylic acids is 1. The Morgan fingerprint density at radius 2 is 1.87 bits per heavy atom. The molecule has 120 valence electrons. The highest BCUT2D eigenvalue weighted by Gasteiger charge is 2.07. The number of anilines is 2. The van der Waals surface area contributed by atoms with Gasteiger partial charge < -0.3 is 20.5 Å². The molecule has 5 nitrogen and oxygen atoms in total. The van der Waals surface area contributed by atoms with Crippen molar-refractivity contribution in [2.45, 2.75) is 13.8 Å². The SMILES string of the molecule is CCOc1ccc(NC(=S)Nc2cc(C(=O)O)ccc2C)cc1. The minimum Gasteiger partial charge on any atom is -0.494 e. The van der Waals surface area contributed by atoms with Crippen molar-refractivity contribution in [2.75, 3.05) is 17.2 Å². The Morgan fingerprint density at radius 3 is 2.48 bits per heavy atom. The molecular weight excluding hydrogens is 312 g/mol. The highest BCUT2D eigenvalue weighted by Crippen LogP contribution is 2.19. The van der Waals surface area contributed by atoms with E-state index in [2.05, 4.69) is 10.6 Å². The molecule has 0 bridgehead atoms. The van der Waals surface area contributed by atoms with Crippen LogP contribution >= 0.6 is 12.2 Å². The van der Waals surface area contributed by atoms with E-state index in [0.717, 1.165) is 17.0 Å². The molecule has 0 spiro atoms. The van der Waals surface area contributed by atoms with Crippen molar-refractivity contribution < 1.29 is 14.6 Å². The van der Waals surface area contributed by atoms with Gasteiger partial charge in [-0.15, -0.1) is 0 Å². The second-order valence-electron chi connectivity index (χ2n) is 4.87. The largest absolute Gasteiger partial charge is 0.494 e. The molecule has 0 aliphatic rings. The normalized spacial score (nSPS) is 10.0. The third-order valence-corrected chi connectivity index (χ3v) is 3.36. The Bertz CT molecular complexity index is 714. The summed E-state index contributed by atoms with van der Waals surface area (Å²) in [5.41, 5.74) is 2.60. The molecule has 0 amide bonds. The van der Waals surface area contributed by atoms with Gasteiger partial charge in [0.1, 0.15) is 5.75 Å². The summed E-state index contributed by atoms with van der Waals surface area (Å²) in [5, 5.41) is 15.5. The number of hydrogen-bond acceptors (Lipinski definition) is 3. The predicted molar refractivity (Wildman–Crippen MR) is 95.6 cm³/mol. The van der Waals surface area contributed by atoms with Gasteiger partial charge >= 0.3 is 5.97 Å². The molecule has 0 saturated carbocycles. The molecule has 0 aromatic heterocycles. The maximum absolute atomic E-state index is 11.0. The number of benzene rings is 2. The second-order valence-corrected chi connectivity index (χ2v) is 5.28. The highest BCUT2D eigenvalue weighted by molar-refractivity contribution is 7.80. The molecule has 2 aromatic carbocycles. The van der Waals surface area contributed by atoms with E-state index in [9.17, 15) is 4.79 Å². The Hall–Kier alpha value is -2.60. The van der Waals surface area contributed by atoms with Gasteiger partial charge in [0.15, 0.2) is 5.11 Å². The van der Waals surface area contributed by atoms with Crippen LogP contribution in [0.1, 0.15) is 22.8 Å². The van der Waals surface area contributed by atoms with Crippen LogP contribution in [0.25, 0.3) is 0 Å². The summed E-state index contributed by atoms with van der Waals surface area (Å²) in [7, 11) is 0. The van der Waals surface area contributed by atoms with Gasteiger partial charge in [0.2, 0.25) is 0 Å². The van der Waals surface area contributed by atoms with Crippen LogP contribution in [0.4, 0.5) is 11.4 Å². The molecule has 0 radical (unpaired) electrons. The molecule has 6 heteroatoms. The Morgan fingerprint density at radius 1 is 1.17 bits per heavy atom. The van der Waals surface area contributed by atoms with Gasteiger partial charge in [0.05, 0.1) is 12.2 Å². The molecule has 0 heterocycles. The molecule has 0 aliphatic carbocycles. The van der Waals surface area contributed by atoms with E-state index in [1.807, 2.05) is 38.1 Å². The molecule has 0 fully saturated rings. The third-order valence-electron chi connectivity index (χ3n) is 3.16. The van der Waals surface area contributed by atoms with E-state index in [1.54, 1.807) is 18.2 Å². The molecule has 2 rings (SSSR count). The Labute approximate surface area is 140 Å². The van der Waals surface area contributed by atoms with Gasteiger partial charge in [-0.05, 0) is 68.0 Å². The molecular formula is C17H18N2O3S. The molecule has 0 unspecified atom stereocenters. The van der Waals surface area contributed by atoms with Gasteiger partial charge in [-0.1, -0.05) is 6.07 Å². The van der Waals surface area contributed by atoms with Crippen LogP contribution in [0.5, 0.6) is 5.75 Å². The van der Waals surface area contributed by atoms with Crippen LogP contribution in [0.3, 0.4) is 0 Å². The monoisotopic (exact) mass is 330 g/mol. The summed E-state index contributed by atoms with van der Waals surface area (Å²) >= 11 is 5.27. The summed E-state index contributed by atoms with van der Waals surface area (Å²) in [4.78, 5) is 11.0. The number of nitrogens with one attached hydrogen (secondary N) is 2. The summed E-state index contributed by atoms with van der Waals surface area (Å²) in [6.45, 7) is 4.43. The quantitative estimate of drug-likeness (QED) is 0.722. The smallest absolute Gasteiger partial charge is 0.335 e. The van der Waals surface area contributed by atoms with Crippen molar-refractivity contribution in [1.29, 1.82) is 0 Å². The fourth-order valence-corrected chi connectivity index (χ4v) is 2.20. The van der Waals surface area contributed by atoms with E-state index in [0.29, 0.717) is 17.4 Å². The Balaban J connectivity index is 2.04. The van der Waals surface area contributed by atoms with Crippen molar-refractivity contribution >= 4 is 34.7 Å². The summed E-state index contributed by atoms with van der Waals surface area (Å²) in [5.74, 6) is -0.180. The van der Waals surface area contributed by atoms with E-state index in [4.69, 9.17) is 22.1 Å². The third kappa shape index (κ3) is 4.69. The van der Waals surface area contributed by atoms with Crippen molar-refractivity contribution in [1.82, 2.24) is 0 Å². The average molecular weight is 330 g/mol. The number of carbonyl (C=O) groups is 1. The number of aryl methyl sites for hydroxylation is 1. The zero-order chi connectivity index (χ0) is 16.8. The van der Waals surface area contributed by atoms with Crippen molar-refractivity contribution in [3.63, 3.8) is 0 Å². The lowest BCUT2D eigenvalue weighted by Crippen LogP contribution is -2.19. The first-order valence-electron chi connectivity index (χ1n) is 7.14. The molecule has 23 heavy (non-hydrogen) atoms. The summed E-state index contributed by atoms with van der Waals surface area (Å²) in [6.07, 6.45) is 0. The number of rotatable bonds is 5. The van der Waals surface area contributed by atoms with Crippen molar-refractivity contribution in [3.05, 3.63) is 53.6 Å². The average Bonchev–Trinajstić information content (AvgIpc) is 2.51. The first-order valence-corrected chi connectivity index (χ1v) is 7.55. The molecule has 0 aliphatic heterocycles.